The number of benzene rings is 2. The standard InChI is InChI=1S/C21H19N3O4S2/c1-28-17-8-4-13(5-9-17)18(25)12-30-21-24-16(11-29-21)10-19(26)23-15-6-2-14(3-7-15)20(22)27/h2-9,11H,10,12H2,1H3,(H2,22,27)(H,23,26). The van der Waals surface area contributed by atoms with E-state index in [-0.39, 0.29) is 23.9 Å². The third kappa shape index (κ3) is 5.91. The SMILES string of the molecule is COc1ccc(C(=O)CSc2nc(CC(=O)Nc3ccc(C(N)=O)cc3)cs2)cc1. The number of nitrogens with two attached hydrogens (primary N) is 1. The number of amides is 2. The first-order chi connectivity index (χ1) is 14.4. The number of nitrogens with one attached hydrogen (secondary N) is 1. The zero-order valence-corrected chi connectivity index (χ0v) is 17.7. The van der Waals surface area contributed by atoms with Gasteiger partial charge in [0, 0.05) is 22.2 Å². The van der Waals surface area contributed by atoms with Crippen molar-refractivity contribution in [1.82, 2.24) is 4.98 Å². The quantitative estimate of drug-likeness (QED) is 0.389. The van der Waals surface area contributed by atoms with E-state index in [2.05, 4.69) is 10.3 Å². The van der Waals surface area contributed by atoms with Crippen LogP contribution in [0.5, 0.6) is 5.75 Å². The minimum atomic E-state index is -0.522. The third-order valence-electron chi connectivity index (χ3n) is 4.06. The van der Waals surface area contributed by atoms with Gasteiger partial charge in [-0.15, -0.1) is 11.3 Å². The monoisotopic (exact) mass is 441 g/mol. The Morgan fingerprint density at radius 3 is 2.37 bits per heavy atom. The molecule has 0 saturated heterocycles. The molecule has 0 bridgehead atoms. The Labute approximate surface area is 181 Å². The van der Waals surface area contributed by atoms with Crippen molar-refractivity contribution in [2.24, 2.45) is 5.73 Å². The summed E-state index contributed by atoms with van der Waals surface area (Å²) in [5.41, 5.74) is 7.38. The van der Waals surface area contributed by atoms with E-state index in [4.69, 9.17) is 10.5 Å². The van der Waals surface area contributed by atoms with Gasteiger partial charge in [0.15, 0.2) is 10.1 Å². The van der Waals surface area contributed by atoms with Crippen LogP contribution in [-0.2, 0) is 11.2 Å². The Balaban J connectivity index is 1.49. The zero-order valence-electron chi connectivity index (χ0n) is 16.1. The van der Waals surface area contributed by atoms with Crippen LogP contribution in [0, 0.1) is 0 Å². The first kappa shape index (κ1) is 21.5. The summed E-state index contributed by atoms with van der Waals surface area (Å²) in [7, 11) is 1.58. The van der Waals surface area contributed by atoms with Gasteiger partial charge in [-0.2, -0.15) is 0 Å². The summed E-state index contributed by atoms with van der Waals surface area (Å²) in [6.45, 7) is 0. The number of anilines is 1. The van der Waals surface area contributed by atoms with Crippen molar-refractivity contribution in [2.45, 2.75) is 10.8 Å². The Bertz CT molecular complexity index is 1050. The van der Waals surface area contributed by atoms with Crippen LogP contribution in [0.2, 0.25) is 0 Å². The zero-order chi connectivity index (χ0) is 21.5. The van der Waals surface area contributed by atoms with Gasteiger partial charge in [-0.3, -0.25) is 14.4 Å². The fourth-order valence-electron chi connectivity index (χ4n) is 2.51. The molecule has 0 atom stereocenters. The van der Waals surface area contributed by atoms with Crippen molar-refractivity contribution in [3.63, 3.8) is 0 Å². The number of thioether (sulfide) groups is 1. The molecule has 3 aromatic rings. The van der Waals surface area contributed by atoms with Crippen LogP contribution >= 0.6 is 23.1 Å². The number of aromatic nitrogens is 1. The van der Waals surface area contributed by atoms with Crippen molar-refractivity contribution in [3.05, 3.63) is 70.7 Å². The van der Waals surface area contributed by atoms with E-state index in [0.29, 0.717) is 28.3 Å². The Hall–Kier alpha value is -3.17. The summed E-state index contributed by atoms with van der Waals surface area (Å²) in [6, 6.07) is 13.3. The van der Waals surface area contributed by atoms with Gasteiger partial charge in [0.25, 0.3) is 0 Å². The molecule has 0 aliphatic carbocycles. The highest BCUT2D eigenvalue weighted by atomic mass is 32.2. The summed E-state index contributed by atoms with van der Waals surface area (Å²) < 4.78 is 5.82. The van der Waals surface area contributed by atoms with E-state index in [1.807, 2.05) is 0 Å². The molecule has 154 valence electrons. The second-order valence-corrected chi connectivity index (χ2v) is 8.29. The van der Waals surface area contributed by atoms with Crippen LogP contribution in [0.1, 0.15) is 26.4 Å². The number of primary amides is 1. The molecule has 7 nitrogen and oxygen atoms in total. The van der Waals surface area contributed by atoms with Gasteiger partial charge in [0.05, 0.1) is 25.0 Å². The normalized spacial score (nSPS) is 10.4. The summed E-state index contributed by atoms with van der Waals surface area (Å²) in [5, 5.41) is 4.55. The molecular weight excluding hydrogens is 422 g/mol. The lowest BCUT2D eigenvalue weighted by Gasteiger charge is -2.04. The topological polar surface area (TPSA) is 111 Å². The van der Waals surface area contributed by atoms with Crippen LogP contribution in [-0.4, -0.2) is 35.4 Å². The number of carbonyl (C=O) groups excluding carboxylic acids is 3. The van der Waals surface area contributed by atoms with E-state index in [9.17, 15) is 14.4 Å². The van der Waals surface area contributed by atoms with Gasteiger partial charge >= 0.3 is 0 Å². The van der Waals surface area contributed by atoms with Gasteiger partial charge in [-0.05, 0) is 48.5 Å². The number of hydrogen-bond donors (Lipinski definition) is 2. The molecule has 0 fully saturated rings. The van der Waals surface area contributed by atoms with E-state index in [1.54, 1.807) is 61.0 Å². The number of thiazole rings is 1. The third-order valence-corrected chi connectivity index (χ3v) is 6.13. The molecule has 3 rings (SSSR count). The summed E-state index contributed by atoms with van der Waals surface area (Å²) in [4.78, 5) is 40.0. The van der Waals surface area contributed by atoms with Gasteiger partial charge in [-0.1, -0.05) is 11.8 Å². The average molecular weight is 442 g/mol. The maximum absolute atomic E-state index is 12.3. The molecule has 9 heteroatoms. The summed E-state index contributed by atoms with van der Waals surface area (Å²) >= 11 is 2.74. The van der Waals surface area contributed by atoms with E-state index >= 15 is 0 Å². The molecule has 0 spiro atoms. The second kappa shape index (κ2) is 10.0. The Kier molecular flexibility index (Phi) is 7.21. The van der Waals surface area contributed by atoms with E-state index in [0.717, 1.165) is 4.34 Å². The number of Topliss-reactive ketones (excluding diaryl/α,β-unsaturated/α-hetero) is 1. The van der Waals surface area contributed by atoms with Gasteiger partial charge in [0.2, 0.25) is 11.8 Å². The Morgan fingerprint density at radius 2 is 1.73 bits per heavy atom. The molecule has 1 heterocycles. The molecule has 0 saturated carbocycles. The van der Waals surface area contributed by atoms with Gasteiger partial charge < -0.3 is 15.8 Å². The first-order valence-electron chi connectivity index (χ1n) is 8.89. The maximum Gasteiger partial charge on any atom is 0.248 e. The van der Waals surface area contributed by atoms with Gasteiger partial charge in [-0.25, -0.2) is 4.98 Å². The number of rotatable bonds is 9. The highest BCUT2D eigenvalue weighted by molar-refractivity contribution is 8.01. The van der Waals surface area contributed by atoms with Crippen LogP contribution in [0.25, 0.3) is 0 Å². The molecular formula is C21H19N3O4S2. The molecule has 0 unspecified atom stereocenters. The fourth-order valence-corrected chi connectivity index (χ4v) is 4.25. The molecule has 2 amide bonds. The number of ketones is 1. The van der Waals surface area contributed by atoms with Gasteiger partial charge in [0.1, 0.15) is 5.75 Å². The molecule has 1 aromatic heterocycles. The molecule has 0 aliphatic heterocycles. The Morgan fingerprint density at radius 1 is 1.07 bits per heavy atom. The van der Waals surface area contributed by atoms with Crippen molar-refractivity contribution >= 4 is 46.4 Å². The number of ether oxygens (including phenoxy) is 1. The molecule has 0 radical (unpaired) electrons. The van der Waals surface area contributed by atoms with Crippen molar-refractivity contribution in [1.29, 1.82) is 0 Å². The predicted octanol–water partition coefficient (Wildman–Crippen LogP) is 3.41. The van der Waals surface area contributed by atoms with Crippen molar-refractivity contribution < 1.29 is 19.1 Å². The highest BCUT2D eigenvalue weighted by Gasteiger charge is 2.12. The largest absolute Gasteiger partial charge is 0.497 e. The number of nitrogens with zero attached hydrogens (tertiary/aromatic N) is 1. The van der Waals surface area contributed by atoms with Crippen molar-refractivity contribution in [3.8, 4) is 5.75 Å². The molecule has 2 aromatic carbocycles. The highest BCUT2D eigenvalue weighted by Crippen LogP contribution is 2.24. The smallest absolute Gasteiger partial charge is 0.248 e. The predicted molar refractivity (Wildman–Crippen MR) is 117 cm³/mol. The number of carbonyl (C=O) groups is 3. The fraction of sp³-hybridized carbons (Fsp3) is 0.143. The second-order valence-electron chi connectivity index (χ2n) is 6.21. The van der Waals surface area contributed by atoms with Crippen LogP contribution in [0.4, 0.5) is 5.69 Å². The lowest BCUT2D eigenvalue weighted by Crippen LogP contribution is -2.15. The first-order valence-corrected chi connectivity index (χ1v) is 10.8. The average Bonchev–Trinajstić information content (AvgIpc) is 3.19. The van der Waals surface area contributed by atoms with Crippen molar-refractivity contribution in [2.75, 3.05) is 18.2 Å². The van der Waals surface area contributed by atoms with Crippen LogP contribution in [0.3, 0.4) is 0 Å². The van der Waals surface area contributed by atoms with E-state index in [1.165, 1.54) is 23.1 Å². The van der Waals surface area contributed by atoms with Crippen LogP contribution in [0.15, 0.2) is 58.3 Å². The number of methoxy groups -OCH3 is 1. The molecule has 0 aliphatic rings. The summed E-state index contributed by atoms with van der Waals surface area (Å²) in [6.07, 6.45) is 0.112. The lowest BCUT2D eigenvalue weighted by molar-refractivity contribution is -0.115. The number of hydrogen-bond acceptors (Lipinski definition) is 7. The maximum atomic E-state index is 12.3. The minimum absolute atomic E-state index is 0.00319. The minimum Gasteiger partial charge on any atom is -0.497 e. The summed E-state index contributed by atoms with van der Waals surface area (Å²) in [5.74, 6) is 0.212. The molecule has 30 heavy (non-hydrogen) atoms. The van der Waals surface area contributed by atoms with Crippen LogP contribution < -0.4 is 15.8 Å². The molecule has 3 N–H and O–H groups in total. The lowest BCUT2D eigenvalue weighted by atomic mass is 10.1. The van der Waals surface area contributed by atoms with E-state index < -0.39 is 5.91 Å².